The van der Waals surface area contributed by atoms with Crippen LogP contribution in [0.1, 0.15) is 29.5 Å². The van der Waals surface area contributed by atoms with Gasteiger partial charge in [0.05, 0.1) is 5.92 Å². The zero-order chi connectivity index (χ0) is 14.7. The Morgan fingerprint density at radius 2 is 2.00 bits per heavy atom. The molecular weight excluding hydrogens is 262 g/mol. The lowest BCUT2D eigenvalue weighted by Crippen LogP contribution is -2.26. The molecule has 2 aromatic carbocycles. The standard InChI is InChI=1S/C18H19NO2/c1-13-17-8-7-16(11-15(17)9-10-19-18(13)20)21-12-14-5-3-2-4-6-14/h2-8,11,13H,9-10,12H2,1H3,(H,19,20)/t13-/m0/s1. The van der Waals surface area contributed by atoms with E-state index in [2.05, 4.69) is 11.4 Å². The summed E-state index contributed by atoms with van der Waals surface area (Å²) in [6.07, 6.45) is 0.855. The van der Waals surface area contributed by atoms with Gasteiger partial charge in [0.25, 0.3) is 0 Å². The summed E-state index contributed by atoms with van der Waals surface area (Å²) in [7, 11) is 0. The van der Waals surface area contributed by atoms with Crippen LogP contribution in [0.4, 0.5) is 0 Å². The summed E-state index contributed by atoms with van der Waals surface area (Å²) in [5.74, 6) is 0.872. The Hall–Kier alpha value is -2.29. The highest BCUT2D eigenvalue weighted by atomic mass is 16.5. The maximum absolute atomic E-state index is 11.8. The van der Waals surface area contributed by atoms with Crippen LogP contribution in [0.15, 0.2) is 48.5 Å². The smallest absolute Gasteiger partial charge is 0.227 e. The highest BCUT2D eigenvalue weighted by Gasteiger charge is 2.21. The maximum Gasteiger partial charge on any atom is 0.227 e. The Balaban J connectivity index is 1.76. The third kappa shape index (κ3) is 3.07. The van der Waals surface area contributed by atoms with Crippen LogP contribution in [-0.2, 0) is 17.8 Å². The van der Waals surface area contributed by atoms with Gasteiger partial charge in [-0.25, -0.2) is 0 Å². The van der Waals surface area contributed by atoms with Crippen molar-refractivity contribution in [1.82, 2.24) is 5.32 Å². The van der Waals surface area contributed by atoms with Crippen LogP contribution in [0.25, 0.3) is 0 Å². The lowest BCUT2D eigenvalue weighted by molar-refractivity contribution is -0.122. The van der Waals surface area contributed by atoms with Gasteiger partial charge >= 0.3 is 0 Å². The number of carbonyl (C=O) groups is 1. The van der Waals surface area contributed by atoms with Crippen molar-refractivity contribution in [3.8, 4) is 5.75 Å². The molecule has 0 bridgehead atoms. The van der Waals surface area contributed by atoms with Crippen LogP contribution in [0.5, 0.6) is 5.75 Å². The molecule has 0 saturated carbocycles. The van der Waals surface area contributed by atoms with Crippen molar-refractivity contribution < 1.29 is 9.53 Å². The van der Waals surface area contributed by atoms with E-state index < -0.39 is 0 Å². The first-order chi connectivity index (χ1) is 10.2. The van der Waals surface area contributed by atoms with E-state index in [1.807, 2.05) is 49.4 Å². The quantitative estimate of drug-likeness (QED) is 0.939. The number of rotatable bonds is 3. The first-order valence-corrected chi connectivity index (χ1v) is 7.31. The van der Waals surface area contributed by atoms with Crippen molar-refractivity contribution in [3.05, 3.63) is 65.2 Å². The highest BCUT2D eigenvalue weighted by Crippen LogP contribution is 2.27. The molecule has 3 heteroatoms. The first kappa shape index (κ1) is 13.7. The molecule has 0 aromatic heterocycles. The van der Waals surface area contributed by atoms with Gasteiger partial charge in [-0.3, -0.25) is 4.79 Å². The average molecular weight is 281 g/mol. The van der Waals surface area contributed by atoms with Gasteiger partial charge < -0.3 is 10.1 Å². The zero-order valence-electron chi connectivity index (χ0n) is 12.1. The Kier molecular flexibility index (Phi) is 3.91. The van der Waals surface area contributed by atoms with Gasteiger partial charge in [-0.15, -0.1) is 0 Å². The van der Waals surface area contributed by atoms with Gasteiger partial charge in [-0.05, 0) is 42.2 Å². The predicted molar refractivity (Wildman–Crippen MR) is 82.3 cm³/mol. The van der Waals surface area contributed by atoms with E-state index in [4.69, 9.17) is 4.74 Å². The number of carbonyl (C=O) groups excluding carboxylic acids is 1. The second-order valence-electron chi connectivity index (χ2n) is 5.40. The highest BCUT2D eigenvalue weighted by molar-refractivity contribution is 5.84. The molecule has 0 unspecified atom stereocenters. The Morgan fingerprint density at radius 1 is 1.19 bits per heavy atom. The Bertz CT molecular complexity index is 637. The van der Waals surface area contributed by atoms with E-state index >= 15 is 0 Å². The van der Waals surface area contributed by atoms with Gasteiger partial charge in [0.15, 0.2) is 0 Å². The van der Waals surface area contributed by atoms with Crippen molar-refractivity contribution in [1.29, 1.82) is 0 Å². The van der Waals surface area contributed by atoms with Crippen LogP contribution in [0, 0.1) is 0 Å². The van der Waals surface area contributed by atoms with Crippen molar-refractivity contribution in [3.63, 3.8) is 0 Å². The molecule has 1 N–H and O–H groups in total. The fourth-order valence-corrected chi connectivity index (χ4v) is 2.67. The monoisotopic (exact) mass is 281 g/mol. The molecule has 1 amide bonds. The van der Waals surface area contributed by atoms with Gasteiger partial charge in [0, 0.05) is 6.54 Å². The van der Waals surface area contributed by atoms with E-state index in [-0.39, 0.29) is 11.8 Å². The SMILES string of the molecule is C[C@@H]1C(=O)NCCc2cc(OCc3ccccc3)ccc21. The van der Waals surface area contributed by atoms with Crippen molar-refractivity contribution >= 4 is 5.91 Å². The van der Waals surface area contributed by atoms with Gasteiger partial charge in [-0.1, -0.05) is 36.4 Å². The lowest BCUT2D eigenvalue weighted by atomic mass is 9.95. The van der Waals surface area contributed by atoms with Crippen LogP contribution in [-0.4, -0.2) is 12.5 Å². The summed E-state index contributed by atoms with van der Waals surface area (Å²) in [5.41, 5.74) is 3.46. The van der Waals surface area contributed by atoms with Gasteiger partial charge in [0.1, 0.15) is 12.4 Å². The summed E-state index contributed by atoms with van der Waals surface area (Å²) >= 11 is 0. The minimum absolute atomic E-state index is 0.0920. The van der Waals surface area contributed by atoms with Crippen molar-refractivity contribution in [2.75, 3.05) is 6.54 Å². The topological polar surface area (TPSA) is 38.3 Å². The molecule has 2 aromatic rings. The molecule has 1 aliphatic rings. The molecule has 108 valence electrons. The Morgan fingerprint density at radius 3 is 2.81 bits per heavy atom. The summed E-state index contributed by atoms with van der Waals surface area (Å²) < 4.78 is 5.86. The number of nitrogens with one attached hydrogen (secondary N) is 1. The zero-order valence-corrected chi connectivity index (χ0v) is 12.1. The number of fused-ring (bicyclic) bond motifs is 1. The fourth-order valence-electron chi connectivity index (χ4n) is 2.67. The van der Waals surface area contributed by atoms with Crippen molar-refractivity contribution in [2.24, 2.45) is 0 Å². The number of hydrogen-bond acceptors (Lipinski definition) is 2. The molecule has 3 rings (SSSR count). The molecular formula is C18H19NO2. The minimum atomic E-state index is -0.0920. The molecule has 0 fully saturated rings. The van der Waals surface area contributed by atoms with E-state index in [1.165, 1.54) is 5.56 Å². The first-order valence-electron chi connectivity index (χ1n) is 7.31. The summed E-state index contributed by atoms with van der Waals surface area (Å²) in [6, 6.07) is 16.2. The Labute approximate surface area is 124 Å². The summed E-state index contributed by atoms with van der Waals surface area (Å²) in [5, 5.41) is 2.94. The van der Waals surface area contributed by atoms with Gasteiger partial charge in [-0.2, -0.15) is 0 Å². The largest absolute Gasteiger partial charge is 0.489 e. The third-order valence-electron chi connectivity index (χ3n) is 3.92. The molecule has 0 spiro atoms. The second kappa shape index (κ2) is 6.00. The van der Waals surface area contributed by atoms with E-state index in [0.717, 1.165) is 23.3 Å². The molecule has 1 aliphatic heterocycles. The van der Waals surface area contributed by atoms with Crippen LogP contribution < -0.4 is 10.1 Å². The molecule has 1 heterocycles. The molecule has 21 heavy (non-hydrogen) atoms. The second-order valence-corrected chi connectivity index (χ2v) is 5.40. The molecule has 3 nitrogen and oxygen atoms in total. The number of amides is 1. The van der Waals surface area contributed by atoms with Crippen molar-refractivity contribution in [2.45, 2.75) is 25.9 Å². The van der Waals surface area contributed by atoms with Crippen LogP contribution in [0.3, 0.4) is 0 Å². The predicted octanol–water partition coefficient (Wildman–Crippen LogP) is 3.04. The van der Waals surface area contributed by atoms with Crippen LogP contribution in [0.2, 0.25) is 0 Å². The van der Waals surface area contributed by atoms with Crippen LogP contribution >= 0.6 is 0 Å². The van der Waals surface area contributed by atoms with E-state index in [9.17, 15) is 4.79 Å². The summed E-state index contributed by atoms with van der Waals surface area (Å²) in [4.78, 5) is 11.8. The molecule has 1 atom stereocenters. The normalized spacial score (nSPS) is 17.6. The summed E-state index contributed by atoms with van der Waals surface area (Å²) in [6.45, 7) is 3.20. The fraction of sp³-hybridized carbons (Fsp3) is 0.278. The number of hydrogen-bond donors (Lipinski definition) is 1. The minimum Gasteiger partial charge on any atom is -0.489 e. The average Bonchev–Trinajstić information content (AvgIpc) is 2.66. The maximum atomic E-state index is 11.8. The number of ether oxygens (including phenoxy) is 1. The van der Waals surface area contributed by atoms with E-state index in [1.54, 1.807) is 0 Å². The lowest BCUT2D eigenvalue weighted by Gasteiger charge is -2.13. The van der Waals surface area contributed by atoms with Gasteiger partial charge in [0.2, 0.25) is 5.91 Å². The molecule has 0 aliphatic carbocycles. The van der Waals surface area contributed by atoms with E-state index in [0.29, 0.717) is 13.2 Å². The molecule has 0 saturated heterocycles. The number of benzene rings is 2. The third-order valence-corrected chi connectivity index (χ3v) is 3.92. The molecule has 0 radical (unpaired) electrons.